The summed E-state index contributed by atoms with van der Waals surface area (Å²) in [5.41, 5.74) is -0.336. The van der Waals surface area contributed by atoms with Gasteiger partial charge in [-0.15, -0.1) is 0 Å². The van der Waals surface area contributed by atoms with Gasteiger partial charge in [0.2, 0.25) is 0 Å². The van der Waals surface area contributed by atoms with E-state index in [0.717, 1.165) is 5.39 Å². The van der Waals surface area contributed by atoms with Gasteiger partial charge in [-0.1, -0.05) is 11.6 Å². The average Bonchev–Trinajstić information content (AvgIpc) is 2.49. The van der Waals surface area contributed by atoms with E-state index in [1.54, 1.807) is 36.1 Å². The zero-order valence-electron chi connectivity index (χ0n) is 14.6. The molecule has 0 aliphatic carbocycles. The number of nitrogens with one attached hydrogen (secondary N) is 2. The van der Waals surface area contributed by atoms with Crippen LogP contribution in [0.4, 0.5) is 17.5 Å². The number of aryl methyl sites for hydroxylation is 1. The summed E-state index contributed by atoms with van der Waals surface area (Å²) in [7, 11) is 1.73. The molecule has 130 valence electrons. The molecule has 0 saturated carbocycles. The minimum absolute atomic E-state index is 0.0934. The summed E-state index contributed by atoms with van der Waals surface area (Å²) in [4.78, 5) is 21.4. The van der Waals surface area contributed by atoms with E-state index >= 15 is 0 Å². The van der Waals surface area contributed by atoms with Gasteiger partial charge in [0, 0.05) is 30.0 Å². The van der Waals surface area contributed by atoms with E-state index in [-0.39, 0.29) is 11.1 Å². The fourth-order valence-corrected chi connectivity index (χ4v) is 2.63. The number of aromatic nitrogens is 3. The monoisotopic (exact) mass is 357 g/mol. The predicted octanol–water partition coefficient (Wildman–Crippen LogP) is 3.94. The van der Waals surface area contributed by atoms with Crippen molar-refractivity contribution in [1.82, 2.24) is 14.5 Å². The number of hydrogen-bond acceptors (Lipinski definition) is 5. The maximum atomic E-state index is 12.6. The van der Waals surface area contributed by atoms with Gasteiger partial charge in [0.15, 0.2) is 0 Å². The van der Waals surface area contributed by atoms with Gasteiger partial charge in [-0.2, -0.15) is 0 Å². The van der Waals surface area contributed by atoms with Crippen LogP contribution in [0.25, 0.3) is 10.8 Å². The Hall–Kier alpha value is -2.60. The molecule has 3 aromatic heterocycles. The fourth-order valence-electron chi connectivity index (χ4n) is 2.47. The highest BCUT2D eigenvalue weighted by Crippen LogP contribution is 2.26. The van der Waals surface area contributed by atoms with Crippen molar-refractivity contribution in [1.29, 1.82) is 0 Å². The molecule has 6 nitrogen and oxygen atoms in total. The van der Waals surface area contributed by atoms with E-state index in [0.29, 0.717) is 27.9 Å². The Kier molecular flexibility index (Phi) is 4.39. The number of fused-ring (bicyclic) bond motifs is 1. The van der Waals surface area contributed by atoms with Crippen LogP contribution >= 0.6 is 11.6 Å². The Bertz CT molecular complexity index is 991. The van der Waals surface area contributed by atoms with Crippen LogP contribution in [0.15, 0.2) is 41.5 Å². The number of pyridine rings is 3. The van der Waals surface area contributed by atoms with E-state index in [2.05, 4.69) is 20.6 Å². The largest absolute Gasteiger partial charge is 0.365 e. The van der Waals surface area contributed by atoms with Crippen molar-refractivity contribution in [3.63, 3.8) is 0 Å². The molecule has 0 unspecified atom stereocenters. The lowest BCUT2D eigenvalue weighted by Gasteiger charge is -2.23. The zero-order chi connectivity index (χ0) is 18.2. The van der Waals surface area contributed by atoms with Crippen LogP contribution in [-0.4, -0.2) is 20.1 Å². The lowest BCUT2D eigenvalue weighted by molar-refractivity contribution is 0.631. The molecule has 0 bridgehead atoms. The van der Waals surface area contributed by atoms with Crippen LogP contribution in [0.5, 0.6) is 0 Å². The van der Waals surface area contributed by atoms with Crippen LogP contribution < -0.4 is 16.2 Å². The standard InChI is InChI=1S/C18H20ClN5O/c1-18(2,3)23-16-15-11(6-8-24(4)17(15)25)9-14(22-16)21-13-10-12(19)5-7-20-13/h5-10H,1-4H3,(H2,20,21,22,23). The molecule has 0 aliphatic rings. The summed E-state index contributed by atoms with van der Waals surface area (Å²) < 4.78 is 1.55. The van der Waals surface area contributed by atoms with E-state index in [4.69, 9.17) is 11.6 Å². The number of rotatable bonds is 3. The van der Waals surface area contributed by atoms with E-state index < -0.39 is 0 Å². The van der Waals surface area contributed by atoms with Crippen molar-refractivity contribution in [3.8, 4) is 0 Å². The third-order valence-corrected chi connectivity index (χ3v) is 3.77. The van der Waals surface area contributed by atoms with Crippen molar-refractivity contribution in [2.24, 2.45) is 7.05 Å². The molecule has 3 rings (SSSR count). The maximum Gasteiger partial charge on any atom is 0.261 e. The third kappa shape index (κ3) is 3.91. The molecule has 0 aromatic carbocycles. The minimum atomic E-state index is -0.242. The number of halogens is 1. The third-order valence-electron chi connectivity index (χ3n) is 3.53. The molecule has 3 aromatic rings. The van der Waals surface area contributed by atoms with Gasteiger partial charge in [-0.25, -0.2) is 9.97 Å². The molecule has 25 heavy (non-hydrogen) atoms. The average molecular weight is 358 g/mol. The molecule has 0 saturated heterocycles. The second kappa shape index (κ2) is 6.37. The summed E-state index contributed by atoms with van der Waals surface area (Å²) >= 11 is 6.01. The van der Waals surface area contributed by atoms with Gasteiger partial charge < -0.3 is 15.2 Å². The number of hydrogen-bond donors (Lipinski definition) is 2. The van der Waals surface area contributed by atoms with Crippen LogP contribution in [-0.2, 0) is 7.05 Å². The molecule has 7 heteroatoms. The number of anilines is 3. The quantitative estimate of drug-likeness (QED) is 0.743. The molecule has 0 atom stereocenters. The summed E-state index contributed by atoms with van der Waals surface area (Å²) in [5, 5.41) is 8.40. The van der Waals surface area contributed by atoms with Crippen molar-refractivity contribution in [2.45, 2.75) is 26.3 Å². The summed E-state index contributed by atoms with van der Waals surface area (Å²) in [6, 6.07) is 7.14. The molecular weight excluding hydrogens is 338 g/mol. The molecule has 0 fully saturated rings. The highest BCUT2D eigenvalue weighted by atomic mass is 35.5. The highest BCUT2D eigenvalue weighted by molar-refractivity contribution is 6.30. The molecule has 0 spiro atoms. The first-order valence-electron chi connectivity index (χ1n) is 7.90. The first kappa shape index (κ1) is 17.2. The SMILES string of the molecule is Cn1ccc2cc(Nc3cc(Cl)ccn3)nc(NC(C)(C)C)c2c1=O. The smallest absolute Gasteiger partial charge is 0.261 e. The van der Waals surface area contributed by atoms with E-state index in [1.165, 1.54) is 0 Å². The molecule has 2 N–H and O–H groups in total. The summed E-state index contributed by atoms with van der Waals surface area (Å²) in [5.74, 6) is 1.71. The lowest BCUT2D eigenvalue weighted by Crippen LogP contribution is -2.28. The van der Waals surface area contributed by atoms with Crippen molar-refractivity contribution >= 4 is 39.8 Å². The molecule has 3 heterocycles. The van der Waals surface area contributed by atoms with Gasteiger partial charge in [0.1, 0.15) is 17.5 Å². The molecule has 0 amide bonds. The second-order valence-electron chi connectivity index (χ2n) is 6.91. The summed E-state index contributed by atoms with van der Waals surface area (Å²) in [6.45, 7) is 6.06. The molecule has 0 aliphatic heterocycles. The van der Waals surface area contributed by atoms with E-state index in [9.17, 15) is 4.79 Å². The fraction of sp³-hybridized carbons (Fsp3) is 0.278. The Labute approximate surface area is 150 Å². The Balaban J connectivity index is 2.15. The van der Waals surface area contributed by atoms with Gasteiger partial charge in [0.05, 0.1) is 5.39 Å². The van der Waals surface area contributed by atoms with Crippen LogP contribution in [0.1, 0.15) is 20.8 Å². The normalized spacial score (nSPS) is 11.6. The highest BCUT2D eigenvalue weighted by Gasteiger charge is 2.16. The van der Waals surface area contributed by atoms with Gasteiger partial charge >= 0.3 is 0 Å². The van der Waals surface area contributed by atoms with Crippen molar-refractivity contribution in [2.75, 3.05) is 10.6 Å². The van der Waals surface area contributed by atoms with Gasteiger partial charge in [-0.05, 0) is 50.4 Å². The predicted molar refractivity (Wildman–Crippen MR) is 103 cm³/mol. The zero-order valence-corrected chi connectivity index (χ0v) is 15.3. The Morgan fingerprint density at radius 1 is 1.16 bits per heavy atom. The van der Waals surface area contributed by atoms with Crippen LogP contribution in [0, 0.1) is 0 Å². The van der Waals surface area contributed by atoms with Crippen molar-refractivity contribution < 1.29 is 0 Å². The molecular formula is C18H20ClN5O. The number of nitrogens with zero attached hydrogens (tertiary/aromatic N) is 3. The molecule has 0 radical (unpaired) electrons. The van der Waals surface area contributed by atoms with E-state index in [1.807, 2.05) is 32.9 Å². The second-order valence-corrected chi connectivity index (χ2v) is 7.35. The van der Waals surface area contributed by atoms with Gasteiger partial charge in [-0.3, -0.25) is 4.79 Å². The first-order valence-corrected chi connectivity index (χ1v) is 8.28. The summed E-state index contributed by atoms with van der Waals surface area (Å²) in [6.07, 6.45) is 3.36. The first-order chi connectivity index (χ1) is 11.7. The topological polar surface area (TPSA) is 71.8 Å². The van der Waals surface area contributed by atoms with Gasteiger partial charge in [0.25, 0.3) is 5.56 Å². The van der Waals surface area contributed by atoms with Crippen LogP contribution in [0.2, 0.25) is 5.02 Å². The van der Waals surface area contributed by atoms with Crippen molar-refractivity contribution in [3.05, 3.63) is 52.0 Å². The Morgan fingerprint density at radius 2 is 1.92 bits per heavy atom. The van der Waals surface area contributed by atoms with Crippen LogP contribution in [0.3, 0.4) is 0 Å². The maximum absolute atomic E-state index is 12.6. The minimum Gasteiger partial charge on any atom is -0.365 e. The lowest BCUT2D eigenvalue weighted by atomic mass is 10.1. The Morgan fingerprint density at radius 3 is 2.60 bits per heavy atom.